The van der Waals surface area contributed by atoms with E-state index in [4.69, 9.17) is 4.74 Å². The van der Waals surface area contributed by atoms with E-state index in [1.54, 1.807) is 31.7 Å². The third-order valence-electron chi connectivity index (χ3n) is 4.15. The molecular formula is C19H27FN2O4. The maximum atomic E-state index is 13.2. The predicted molar refractivity (Wildman–Crippen MR) is 94.9 cm³/mol. The number of rotatable bonds is 4. The number of benzene rings is 1. The van der Waals surface area contributed by atoms with Crippen molar-refractivity contribution in [1.29, 1.82) is 0 Å². The van der Waals surface area contributed by atoms with Gasteiger partial charge >= 0.3 is 6.09 Å². The number of halogens is 1. The summed E-state index contributed by atoms with van der Waals surface area (Å²) in [4.78, 5) is 26.1. The Bertz CT molecular complexity index is 645. The highest BCUT2D eigenvalue weighted by atomic mass is 19.1. The first kappa shape index (κ1) is 20.2. The second-order valence-electron chi connectivity index (χ2n) is 7.58. The van der Waals surface area contributed by atoms with Gasteiger partial charge in [-0.05, 0) is 51.3 Å². The molecule has 1 aliphatic heterocycles. The van der Waals surface area contributed by atoms with Crippen LogP contribution in [0.3, 0.4) is 0 Å². The van der Waals surface area contributed by atoms with E-state index in [-0.39, 0.29) is 24.9 Å². The molecule has 1 aliphatic rings. The monoisotopic (exact) mass is 366 g/mol. The number of nitrogens with one attached hydrogen (secondary N) is 1. The van der Waals surface area contributed by atoms with E-state index in [2.05, 4.69) is 5.32 Å². The van der Waals surface area contributed by atoms with Gasteiger partial charge in [0.1, 0.15) is 11.4 Å². The van der Waals surface area contributed by atoms with Gasteiger partial charge in [0.15, 0.2) is 0 Å². The molecule has 0 aliphatic carbocycles. The fraction of sp³-hybridized carbons (Fsp3) is 0.579. The minimum Gasteiger partial charge on any atom is -0.444 e. The largest absolute Gasteiger partial charge is 0.444 e. The van der Waals surface area contributed by atoms with Gasteiger partial charge in [0.2, 0.25) is 5.91 Å². The van der Waals surface area contributed by atoms with Crippen LogP contribution in [0.4, 0.5) is 9.18 Å². The van der Waals surface area contributed by atoms with Crippen LogP contribution in [0.2, 0.25) is 0 Å². The first-order valence-corrected chi connectivity index (χ1v) is 8.85. The lowest BCUT2D eigenvalue weighted by molar-refractivity contribution is -0.127. The van der Waals surface area contributed by atoms with Crippen molar-refractivity contribution in [3.05, 3.63) is 35.6 Å². The molecule has 1 fully saturated rings. The van der Waals surface area contributed by atoms with Crippen molar-refractivity contribution in [2.45, 2.75) is 45.3 Å². The Hall–Kier alpha value is -2.15. The summed E-state index contributed by atoms with van der Waals surface area (Å²) >= 11 is 0. The number of hydrogen-bond acceptors (Lipinski definition) is 4. The molecule has 0 saturated carbocycles. The van der Waals surface area contributed by atoms with Gasteiger partial charge < -0.3 is 20.1 Å². The SMILES string of the molecule is CC(C)(C)OC(=O)N1CCCC(C(=O)NCC(O)c2cccc(F)c2)C1. The van der Waals surface area contributed by atoms with E-state index in [0.29, 0.717) is 24.9 Å². The molecule has 2 N–H and O–H groups in total. The maximum absolute atomic E-state index is 13.2. The zero-order valence-electron chi connectivity index (χ0n) is 15.5. The minimum atomic E-state index is -0.986. The van der Waals surface area contributed by atoms with Gasteiger partial charge in [-0.3, -0.25) is 4.79 Å². The summed E-state index contributed by atoms with van der Waals surface area (Å²) < 4.78 is 18.6. The van der Waals surface area contributed by atoms with Crippen molar-refractivity contribution in [1.82, 2.24) is 10.2 Å². The van der Waals surface area contributed by atoms with Crippen molar-refractivity contribution < 1.29 is 23.8 Å². The first-order valence-electron chi connectivity index (χ1n) is 8.85. The number of ether oxygens (including phenoxy) is 1. The Morgan fingerprint density at radius 3 is 2.81 bits per heavy atom. The van der Waals surface area contributed by atoms with E-state index < -0.39 is 23.6 Å². The summed E-state index contributed by atoms with van der Waals surface area (Å²) in [7, 11) is 0. The number of nitrogens with zero attached hydrogens (tertiary/aromatic N) is 1. The zero-order chi connectivity index (χ0) is 19.3. The highest BCUT2D eigenvalue weighted by molar-refractivity contribution is 5.80. The first-order chi connectivity index (χ1) is 12.2. The molecule has 6 nitrogen and oxygen atoms in total. The zero-order valence-corrected chi connectivity index (χ0v) is 15.5. The molecule has 1 heterocycles. The molecular weight excluding hydrogens is 339 g/mol. The lowest BCUT2D eigenvalue weighted by atomic mass is 9.97. The summed E-state index contributed by atoms with van der Waals surface area (Å²) in [6.45, 7) is 6.24. The predicted octanol–water partition coefficient (Wildman–Crippen LogP) is 2.62. The number of likely N-dealkylation sites (tertiary alicyclic amines) is 1. The summed E-state index contributed by atoms with van der Waals surface area (Å²) in [5.41, 5.74) is -0.175. The Morgan fingerprint density at radius 1 is 1.42 bits per heavy atom. The fourth-order valence-corrected chi connectivity index (χ4v) is 2.86. The minimum absolute atomic E-state index is 0.00871. The Kier molecular flexibility index (Phi) is 6.58. The highest BCUT2D eigenvalue weighted by Gasteiger charge is 2.31. The average Bonchev–Trinajstić information content (AvgIpc) is 2.58. The molecule has 2 unspecified atom stereocenters. The van der Waals surface area contributed by atoms with Gasteiger partial charge in [0, 0.05) is 19.6 Å². The number of carbonyl (C=O) groups excluding carboxylic acids is 2. The van der Waals surface area contributed by atoms with Crippen molar-refractivity contribution in [2.24, 2.45) is 5.92 Å². The molecule has 144 valence electrons. The molecule has 0 bridgehead atoms. The number of aliphatic hydroxyl groups is 1. The Labute approximate surface area is 153 Å². The standard InChI is InChI=1S/C19H27FN2O4/c1-19(2,3)26-18(25)22-9-5-7-14(12-22)17(24)21-11-16(23)13-6-4-8-15(20)10-13/h4,6,8,10,14,16,23H,5,7,9,11-12H2,1-3H3,(H,21,24). The molecule has 1 aromatic rings. The highest BCUT2D eigenvalue weighted by Crippen LogP contribution is 2.20. The summed E-state index contributed by atoms with van der Waals surface area (Å²) in [5.74, 6) is -1.02. The van der Waals surface area contributed by atoms with E-state index in [9.17, 15) is 19.1 Å². The average molecular weight is 366 g/mol. The van der Waals surface area contributed by atoms with Gasteiger partial charge in [0.25, 0.3) is 0 Å². The smallest absolute Gasteiger partial charge is 0.410 e. The third-order valence-corrected chi connectivity index (χ3v) is 4.15. The van der Waals surface area contributed by atoms with Crippen molar-refractivity contribution in [3.63, 3.8) is 0 Å². The van der Waals surface area contributed by atoms with Gasteiger partial charge in [-0.15, -0.1) is 0 Å². The molecule has 0 aromatic heterocycles. The molecule has 1 saturated heterocycles. The van der Waals surface area contributed by atoms with Crippen LogP contribution >= 0.6 is 0 Å². The van der Waals surface area contributed by atoms with Gasteiger partial charge in [-0.2, -0.15) is 0 Å². The van der Waals surface area contributed by atoms with Crippen LogP contribution in [0, 0.1) is 11.7 Å². The number of amides is 2. The van der Waals surface area contributed by atoms with Crippen molar-refractivity contribution in [2.75, 3.05) is 19.6 Å². The normalized spacial score (nSPS) is 19.0. The topological polar surface area (TPSA) is 78.9 Å². The molecule has 1 aromatic carbocycles. The number of carbonyl (C=O) groups is 2. The number of piperidine rings is 1. The van der Waals surface area contributed by atoms with Crippen molar-refractivity contribution in [3.8, 4) is 0 Å². The molecule has 0 radical (unpaired) electrons. The lowest BCUT2D eigenvalue weighted by Gasteiger charge is -2.33. The Balaban J connectivity index is 1.86. The molecule has 2 atom stereocenters. The summed E-state index contributed by atoms with van der Waals surface area (Å²) in [5, 5.41) is 12.8. The van der Waals surface area contributed by atoms with Gasteiger partial charge in [-0.1, -0.05) is 12.1 Å². The molecule has 26 heavy (non-hydrogen) atoms. The van der Waals surface area contributed by atoms with E-state index in [0.717, 1.165) is 0 Å². The molecule has 2 amide bonds. The van der Waals surface area contributed by atoms with Crippen LogP contribution < -0.4 is 5.32 Å². The van der Waals surface area contributed by atoms with Crippen LogP contribution in [0.15, 0.2) is 24.3 Å². The van der Waals surface area contributed by atoms with Crippen LogP contribution in [-0.2, 0) is 9.53 Å². The molecule has 2 rings (SSSR count). The van der Waals surface area contributed by atoms with E-state index >= 15 is 0 Å². The fourth-order valence-electron chi connectivity index (χ4n) is 2.86. The third kappa shape index (κ3) is 5.98. The molecule has 7 heteroatoms. The van der Waals surface area contributed by atoms with Gasteiger partial charge in [-0.25, -0.2) is 9.18 Å². The Morgan fingerprint density at radius 2 is 2.15 bits per heavy atom. The van der Waals surface area contributed by atoms with Crippen LogP contribution in [-0.4, -0.2) is 47.2 Å². The number of aliphatic hydroxyl groups excluding tert-OH is 1. The van der Waals surface area contributed by atoms with Crippen molar-refractivity contribution >= 4 is 12.0 Å². The summed E-state index contributed by atoms with van der Waals surface area (Å²) in [6, 6.07) is 5.64. The van der Waals surface area contributed by atoms with Gasteiger partial charge in [0.05, 0.1) is 12.0 Å². The van der Waals surface area contributed by atoms with Crippen LogP contribution in [0.25, 0.3) is 0 Å². The van der Waals surface area contributed by atoms with E-state index in [1.807, 2.05) is 0 Å². The quantitative estimate of drug-likeness (QED) is 0.859. The maximum Gasteiger partial charge on any atom is 0.410 e. The van der Waals surface area contributed by atoms with Crippen LogP contribution in [0.1, 0.15) is 45.3 Å². The van der Waals surface area contributed by atoms with E-state index in [1.165, 1.54) is 18.2 Å². The lowest BCUT2D eigenvalue weighted by Crippen LogP contribution is -2.47. The second-order valence-corrected chi connectivity index (χ2v) is 7.58. The number of hydrogen-bond donors (Lipinski definition) is 2. The second kappa shape index (κ2) is 8.49. The van der Waals surface area contributed by atoms with Crippen LogP contribution in [0.5, 0.6) is 0 Å². The molecule has 0 spiro atoms. The summed E-state index contributed by atoms with van der Waals surface area (Å²) in [6.07, 6.45) is -0.0275.